The Morgan fingerprint density at radius 3 is 2.62 bits per heavy atom. The summed E-state index contributed by atoms with van der Waals surface area (Å²) >= 11 is 0. The number of carbonyl (C=O) groups excluding carboxylic acids is 1. The average molecular weight is 187 g/mol. The molecule has 0 fully saturated rings. The van der Waals surface area contributed by atoms with Crippen molar-refractivity contribution in [3.05, 3.63) is 0 Å². The maximum absolute atomic E-state index is 10.9. The van der Waals surface area contributed by atoms with Gasteiger partial charge < -0.3 is 9.84 Å². The van der Waals surface area contributed by atoms with Crippen LogP contribution in [0.25, 0.3) is 0 Å². The molecule has 0 unspecified atom stereocenters. The normalized spacial score (nSPS) is 12.0. The van der Waals surface area contributed by atoms with Crippen molar-refractivity contribution in [3.8, 4) is 0 Å². The topological polar surface area (TPSA) is 58.9 Å². The van der Waals surface area contributed by atoms with E-state index in [4.69, 9.17) is 9.84 Å². The van der Waals surface area contributed by atoms with Crippen molar-refractivity contribution in [1.82, 2.24) is 0 Å². The highest BCUT2D eigenvalue weighted by Crippen LogP contribution is 2.07. The van der Waals surface area contributed by atoms with E-state index in [1.165, 1.54) is 6.21 Å². The Morgan fingerprint density at radius 2 is 2.15 bits per heavy atom. The van der Waals surface area contributed by atoms with Crippen molar-refractivity contribution in [2.45, 2.75) is 39.2 Å². The van der Waals surface area contributed by atoms with Gasteiger partial charge in [-0.2, -0.15) is 4.99 Å². The minimum absolute atomic E-state index is 0.111. The highest BCUT2D eigenvalue weighted by Gasteiger charge is 2.14. The number of hydrogen-bond acceptors (Lipinski definition) is 3. The van der Waals surface area contributed by atoms with E-state index in [-0.39, 0.29) is 6.61 Å². The van der Waals surface area contributed by atoms with Gasteiger partial charge in [0.25, 0.3) is 0 Å². The second-order valence-electron chi connectivity index (χ2n) is 3.66. The molecule has 0 saturated heterocycles. The van der Waals surface area contributed by atoms with Crippen molar-refractivity contribution in [1.29, 1.82) is 0 Å². The number of rotatable bonds is 3. The van der Waals surface area contributed by atoms with Crippen molar-refractivity contribution < 1.29 is 14.6 Å². The minimum atomic E-state index is -0.578. The molecule has 4 nitrogen and oxygen atoms in total. The highest BCUT2D eigenvalue weighted by atomic mass is 16.6. The summed E-state index contributed by atoms with van der Waals surface area (Å²) in [5, 5.41) is 8.44. The van der Waals surface area contributed by atoms with Crippen LogP contribution in [0.15, 0.2) is 4.99 Å². The van der Waals surface area contributed by atoms with Crippen LogP contribution in [0.4, 0.5) is 4.79 Å². The lowest BCUT2D eigenvalue weighted by atomic mass is 10.2. The van der Waals surface area contributed by atoms with E-state index in [0.717, 1.165) is 0 Å². The summed E-state index contributed by atoms with van der Waals surface area (Å²) in [6.45, 7) is 5.47. The molecule has 0 aromatic rings. The molecule has 0 bridgehead atoms. The van der Waals surface area contributed by atoms with Gasteiger partial charge in [-0.1, -0.05) is 0 Å². The smallest absolute Gasteiger partial charge is 0.433 e. The molecule has 0 aromatic heterocycles. The number of aliphatic imine (C=N–C) groups is 1. The molecule has 4 heteroatoms. The van der Waals surface area contributed by atoms with Gasteiger partial charge in [-0.25, -0.2) is 4.79 Å². The van der Waals surface area contributed by atoms with Gasteiger partial charge in [0.05, 0.1) is 0 Å². The third-order valence-electron chi connectivity index (χ3n) is 1.08. The molecule has 0 spiro atoms. The SMILES string of the molecule is CC(C)(C)OC(=O)N=CCCCO. The summed E-state index contributed by atoms with van der Waals surface area (Å²) in [6.07, 6.45) is 2.09. The van der Waals surface area contributed by atoms with Crippen molar-refractivity contribution in [3.63, 3.8) is 0 Å². The molecule has 0 heterocycles. The maximum atomic E-state index is 10.9. The van der Waals surface area contributed by atoms with Gasteiger partial charge in [-0.3, -0.25) is 0 Å². The Bertz CT molecular complexity index is 182. The largest absolute Gasteiger partial charge is 0.442 e. The molecule has 0 rings (SSSR count). The maximum Gasteiger partial charge on any atom is 0.433 e. The van der Waals surface area contributed by atoms with Crippen LogP contribution in [-0.2, 0) is 4.74 Å². The zero-order chi connectivity index (χ0) is 10.3. The standard InChI is InChI=1S/C9H17NO3/c1-9(2,3)13-8(12)10-6-4-5-7-11/h6,11H,4-5,7H2,1-3H3. The van der Waals surface area contributed by atoms with Crippen LogP contribution in [0.1, 0.15) is 33.6 Å². The van der Waals surface area contributed by atoms with Crippen LogP contribution in [0.3, 0.4) is 0 Å². The number of carbonyl (C=O) groups is 1. The van der Waals surface area contributed by atoms with Gasteiger partial charge in [0.2, 0.25) is 0 Å². The number of hydrogen-bond donors (Lipinski definition) is 1. The first-order valence-corrected chi connectivity index (χ1v) is 4.32. The first-order valence-electron chi connectivity index (χ1n) is 4.32. The van der Waals surface area contributed by atoms with Gasteiger partial charge in [0, 0.05) is 12.8 Å². The predicted molar refractivity (Wildman–Crippen MR) is 51.0 cm³/mol. The Labute approximate surface area is 78.6 Å². The van der Waals surface area contributed by atoms with E-state index < -0.39 is 11.7 Å². The van der Waals surface area contributed by atoms with Crippen LogP contribution in [0.2, 0.25) is 0 Å². The Balaban J connectivity index is 3.68. The number of ether oxygens (including phenoxy) is 1. The molecule has 0 aromatic carbocycles. The number of amides is 1. The first-order chi connectivity index (χ1) is 5.95. The van der Waals surface area contributed by atoms with Gasteiger partial charge in [0.1, 0.15) is 5.60 Å². The summed E-state index contributed by atoms with van der Waals surface area (Å²) in [4.78, 5) is 14.5. The lowest BCUT2D eigenvalue weighted by molar-refractivity contribution is 0.0605. The van der Waals surface area contributed by atoms with Gasteiger partial charge in [0.15, 0.2) is 0 Å². The van der Waals surface area contributed by atoms with E-state index in [9.17, 15) is 4.79 Å². The Hall–Kier alpha value is -0.900. The van der Waals surface area contributed by atoms with Crippen LogP contribution in [0.5, 0.6) is 0 Å². The average Bonchev–Trinajstić information content (AvgIpc) is 1.94. The molecule has 0 aliphatic carbocycles. The Kier molecular flexibility index (Phi) is 5.30. The van der Waals surface area contributed by atoms with E-state index in [1.807, 2.05) is 0 Å². The van der Waals surface area contributed by atoms with Gasteiger partial charge in [-0.15, -0.1) is 0 Å². The second-order valence-corrected chi connectivity index (χ2v) is 3.66. The first kappa shape index (κ1) is 12.1. The zero-order valence-corrected chi connectivity index (χ0v) is 8.41. The summed E-state index contributed by atoms with van der Waals surface area (Å²) in [5.74, 6) is 0. The third kappa shape index (κ3) is 9.01. The lowest BCUT2D eigenvalue weighted by Crippen LogP contribution is -2.21. The van der Waals surface area contributed by atoms with Crippen LogP contribution < -0.4 is 0 Å². The quantitative estimate of drug-likeness (QED) is 0.541. The van der Waals surface area contributed by atoms with Crippen LogP contribution in [-0.4, -0.2) is 29.6 Å². The van der Waals surface area contributed by atoms with E-state index in [1.54, 1.807) is 20.8 Å². The zero-order valence-electron chi connectivity index (χ0n) is 8.41. The number of nitrogens with zero attached hydrogens (tertiary/aromatic N) is 1. The highest BCUT2D eigenvalue weighted by molar-refractivity contribution is 5.79. The fourth-order valence-electron chi connectivity index (χ4n) is 0.610. The molecule has 0 atom stereocenters. The summed E-state index contributed by atoms with van der Waals surface area (Å²) in [7, 11) is 0. The number of aliphatic hydroxyl groups is 1. The van der Waals surface area contributed by atoms with Crippen LogP contribution in [0, 0.1) is 0 Å². The molecule has 0 saturated carbocycles. The minimum Gasteiger partial charge on any atom is -0.442 e. The van der Waals surface area contributed by atoms with Crippen LogP contribution >= 0.6 is 0 Å². The van der Waals surface area contributed by atoms with Crippen molar-refractivity contribution in [2.24, 2.45) is 4.99 Å². The van der Waals surface area contributed by atoms with Gasteiger partial charge in [-0.05, 0) is 33.6 Å². The molecule has 0 radical (unpaired) electrons. The molecular weight excluding hydrogens is 170 g/mol. The Morgan fingerprint density at radius 1 is 1.54 bits per heavy atom. The summed E-state index contributed by atoms with van der Waals surface area (Å²) < 4.78 is 4.92. The summed E-state index contributed by atoms with van der Waals surface area (Å²) in [6, 6.07) is 0. The molecule has 13 heavy (non-hydrogen) atoms. The molecular formula is C9H17NO3. The van der Waals surface area contributed by atoms with E-state index in [0.29, 0.717) is 12.8 Å². The molecule has 76 valence electrons. The number of aliphatic hydroxyl groups excluding tert-OH is 1. The molecule has 0 aliphatic heterocycles. The predicted octanol–water partition coefficient (Wildman–Crippen LogP) is 1.76. The molecule has 1 amide bonds. The van der Waals surface area contributed by atoms with Crippen molar-refractivity contribution in [2.75, 3.05) is 6.61 Å². The fraction of sp³-hybridized carbons (Fsp3) is 0.778. The van der Waals surface area contributed by atoms with Gasteiger partial charge >= 0.3 is 6.09 Å². The number of unbranched alkanes of at least 4 members (excludes halogenated alkanes) is 1. The lowest BCUT2D eigenvalue weighted by Gasteiger charge is -2.16. The van der Waals surface area contributed by atoms with Crippen molar-refractivity contribution >= 4 is 12.3 Å². The molecule has 0 aliphatic rings. The second kappa shape index (κ2) is 5.70. The fourth-order valence-corrected chi connectivity index (χ4v) is 0.610. The summed E-state index contributed by atoms with van der Waals surface area (Å²) in [5.41, 5.74) is -0.495. The molecule has 1 N–H and O–H groups in total. The van der Waals surface area contributed by atoms with E-state index >= 15 is 0 Å². The monoisotopic (exact) mass is 187 g/mol. The third-order valence-corrected chi connectivity index (χ3v) is 1.08. The van der Waals surface area contributed by atoms with E-state index in [2.05, 4.69) is 4.99 Å².